The summed E-state index contributed by atoms with van der Waals surface area (Å²) in [6.45, 7) is 2.55. The average Bonchev–Trinajstić information content (AvgIpc) is 2.73. The number of amides is 2. The number of nitrogens with zero attached hydrogens (tertiary/aromatic N) is 1. The average molecular weight is 288 g/mol. The van der Waals surface area contributed by atoms with E-state index in [1.165, 1.54) is 25.5 Å². The highest BCUT2D eigenvalue weighted by Crippen LogP contribution is 2.36. The quantitative estimate of drug-likeness (QED) is 0.853. The van der Waals surface area contributed by atoms with E-state index in [-0.39, 0.29) is 17.8 Å². The van der Waals surface area contributed by atoms with Gasteiger partial charge in [-0.1, -0.05) is 6.42 Å². The molecule has 0 aromatic rings. The van der Waals surface area contributed by atoms with Gasteiger partial charge in [-0.15, -0.1) is 0 Å². The van der Waals surface area contributed by atoms with Crippen LogP contribution in [0.15, 0.2) is 0 Å². The predicted molar refractivity (Wildman–Crippen MR) is 74.8 cm³/mol. The van der Waals surface area contributed by atoms with Gasteiger partial charge in [-0.25, -0.2) is 13.2 Å². The molecule has 1 heterocycles. The molecule has 5 nitrogen and oxygen atoms in total. The van der Waals surface area contributed by atoms with Crippen LogP contribution in [-0.2, 0) is 9.84 Å². The van der Waals surface area contributed by atoms with E-state index >= 15 is 0 Å². The van der Waals surface area contributed by atoms with Crippen molar-refractivity contribution >= 4 is 15.9 Å². The molecule has 2 rings (SSSR count). The zero-order valence-electron chi connectivity index (χ0n) is 11.8. The molecule has 110 valence electrons. The molecule has 1 aliphatic carbocycles. The Morgan fingerprint density at radius 2 is 2.00 bits per heavy atom. The summed E-state index contributed by atoms with van der Waals surface area (Å²) in [5.74, 6) is 0.658. The number of likely N-dealkylation sites (tertiary alicyclic amines) is 1. The van der Waals surface area contributed by atoms with Crippen LogP contribution in [0, 0.1) is 5.92 Å². The number of sulfone groups is 1. The van der Waals surface area contributed by atoms with Gasteiger partial charge in [-0.05, 0) is 38.5 Å². The second kappa shape index (κ2) is 5.69. The highest BCUT2D eigenvalue weighted by molar-refractivity contribution is 7.90. The maximum absolute atomic E-state index is 12.3. The molecule has 1 N–H and O–H groups in total. The summed E-state index contributed by atoms with van der Waals surface area (Å²) in [5, 5.41) is 2.83. The summed E-state index contributed by atoms with van der Waals surface area (Å²) >= 11 is 0. The molecule has 2 aliphatic rings. The monoisotopic (exact) mass is 288 g/mol. The van der Waals surface area contributed by atoms with Gasteiger partial charge in [0.2, 0.25) is 0 Å². The smallest absolute Gasteiger partial charge is 0.317 e. The molecule has 2 fully saturated rings. The van der Waals surface area contributed by atoms with Crippen LogP contribution in [0.1, 0.15) is 39.0 Å². The SMILES string of the molecule is C[C@H](CS(C)(=O)=O)NC(=O)N1CCC[C@H]2CCC[C@H]21. The van der Waals surface area contributed by atoms with Crippen LogP contribution < -0.4 is 5.32 Å². The van der Waals surface area contributed by atoms with Gasteiger partial charge in [0.1, 0.15) is 9.84 Å². The third-order valence-electron chi connectivity index (χ3n) is 4.18. The Morgan fingerprint density at radius 1 is 1.32 bits per heavy atom. The van der Waals surface area contributed by atoms with Gasteiger partial charge in [0.05, 0.1) is 5.75 Å². The van der Waals surface area contributed by atoms with Crippen LogP contribution >= 0.6 is 0 Å². The molecule has 3 atom stereocenters. The number of carbonyl (C=O) groups is 1. The number of piperidine rings is 1. The maximum Gasteiger partial charge on any atom is 0.317 e. The molecule has 0 aromatic heterocycles. The van der Waals surface area contributed by atoms with E-state index in [0.29, 0.717) is 12.0 Å². The molecule has 6 heteroatoms. The van der Waals surface area contributed by atoms with Crippen LogP contribution in [0.5, 0.6) is 0 Å². The van der Waals surface area contributed by atoms with Crippen LogP contribution in [0.4, 0.5) is 4.79 Å². The van der Waals surface area contributed by atoms with Crippen LogP contribution in [0.25, 0.3) is 0 Å². The minimum absolute atomic E-state index is 0.000670. The normalized spacial score (nSPS) is 28.8. The maximum atomic E-state index is 12.3. The standard InChI is InChI=1S/C13H24N2O3S/c1-10(9-19(2,17)18)14-13(16)15-8-4-6-11-5-3-7-12(11)15/h10-12H,3-9H2,1-2H3,(H,14,16)/t10-,11-,12-/m1/s1. The van der Waals surface area contributed by atoms with Gasteiger partial charge < -0.3 is 10.2 Å². The van der Waals surface area contributed by atoms with Crippen LogP contribution in [0.2, 0.25) is 0 Å². The minimum Gasteiger partial charge on any atom is -0.335 e. The first kappa shape index (κ1) is 14.6. The van der Waals surface area contributed by atoms with Gasteiger partial charge in [0, 0.05) is 24.9 Å². The van der Waals surface area contributed by atoms with Crippen LogP contribution in [0.3, 0.4) is 0 Å². The number of hydrogen-bond acceptors (Lipinski definition) is 3. The van der Waals surface area contributed by atoms with Crippen molar-refractivity contribution in [2.24, 2.45) is 5.92 Å². The molecule has 0 aromatic carbocycles. The van der Waals surface area contributed by atoms with Crippen molar-refractivity contribution in [3.63, 3.8) is 0 Å². The van der Waals surface area contributed by atoms with E-state index in [9.17, 15) is 13.2 Å². The van der Waals surface area contributed by atoms with E-state index < -0.39 is 9.84 Å². The van der Waals surface area contributed by atoms with Gasteiger partial charge in [0.15, 0.2) is 0 Å². The van der Waals surface area contributed by atoms with Crippen molar-refractivity contribution < 1.29 is 13.2 Å². The second-order valence-corrected chi connectivity index (χ2v) is 8.22. The summed E-state index contributed by atoms with van der Waals surface area (Å²) < 4.78 is 22.4. The summed E-state index contributed by atoms with van der Waals surface area (Å²) in [6, 6.07) is -0.0452. The lowest BCUT2D eigenvalue weighted by atomic mass is 9.92. The molecular formula is C13H24N2O3S. The summed E-state index contributed by atoms with van der Waals surface area (Å²) in [6.07, 6.45) is 7.02. The summed E-state index contributed by atoms with van der Waals surface area (Å²) in [4.78, 5) is 14.2. The van der Waals surface area contributed by atoms with Crippen molar-refractivity contribution in [3.8, 4) is 0 Å². The van der Waals surface area contributed by atoms with Crippen molar-refractivity contribution in [2.45, 2.75) is 51.1 Å². The Bertz CT molecular complexity index is 435. The van der Waals surface area contributed by atoms with E-state index in [1.807, 2.05) is 4.90 Å². The lowest BCUT2D eigenvalue weighted by molar-refractivity contribution is 0.127. The van der Waals surface area contributed by atoms with Gasteiger partial charge >= 0.3 is 6.03 Å². The van der Waals surface area contributed by atoms with E-state index in [4.69, 9.17) is 0 Å². The Kier molecular flexibility index (Phi) is 4.38. The molecule has 0 radical (unpaired) electrons. The number of urea groups is 1. The summed E-state index contributed by atoms with van der Waals surface area (Å²) in [7, 11) is -3.05. The second-order valence-electron chi connectivity index (χ2n) is 6.04. The molecule has 2 amide bonds. The van der Waals surface area contributed by atoms with Crippen molar-refractivity contribution in [1.29, 1.82) is 0 Å². The lowest BCUT2D eigenvalue weighted by Crippen LogP contribution is -2.53. The fourth-order valence-corrected chi connectivity index (χ4v) is 4.49. The summed E-state index contributed by atoms with van der Waals surface area (Å²) in [5.41, 5.74) is 0. The lowest BCUT2D eigenvalue weighted by Gasteiger charge is -2.38. The van der Waals surface area contributed by atoms with Crippen molar-refractivity contribution in [2.75, 3.05) is 18.6 Å². The first-order chi connectivity index (χ1) is 8.87. The first-order valence-electron chi connectivity index (χ1n) is 7.11. The zero-order chi connectivity index (χ0) is 14.0. The topological polar surface area (TPSA) is 66.5 Å². The Labute approximate surface area is 115 Å². The highest BCUT2D eigenvalue weighted by atomic mass is 32.2. The van der Waals surface area contributed by atoms with E-state index in [1.54, 1.807) is 6.92 Å². The molecule has 0 unspecified atom stereocenters. The fourth-order valence-electron chi connectivity index (χ4n) is 3.50. The van der Waals surface area contributed by atoms with Crippen molar-refractivity contribution in [3.05, 3.63) is 0 Å². The highest BCUT2D eigenvalue weighted by Gasteiger charge is 2.37. The van der Waals surface area contributed by atoms with Crippen molar-refractivity contribution in [1.82, 2.24) is 10.2 Å². The number of nitrogens with one attached hydrogen (secondary N) is 1. The molecular weight excluding hydrogens is 264 g/mol. The number of carbonyl (C=O) groups excluding carboxylic acids is 1. The molecule has 0 spiro atoms. The van der Waals surface area contributed by atoms with Gasteiger partial charge in [0.25, 0.3) is 0 Å². The Balaban J connectivity index is 1.92. The number of rotatable bonds is 3. The number of fused-ring (bicyclic) bond motifs is 1. The number of hydrogen-bond donors (Lipinski definition) is 1. The Hall–Kier alpha value is -0.780. The molecule has 1 saturated carbocycles. The third kappa shape index (κ3) is 3.84. The molecule has 1 saturated heterocycles. The third-order valence-corrected chi connectivity index (χ3v) is 5.28. The van der Waals surface area contributed by atoms with E-state index in [0.717, 1.165) is 19.4 Å². The first-order valence-corrected chi connectivity index (χ1v) is 9.18. The predicted octanol–water partition coefficient (Wildman–Crippen LogP) is 1.39. The molecule has 0 bridgehead atoms. The zero-order valence-corrected chi connectivity index (χ0v) is 12.6. The van der Waals surface area contributed by atoms with Gasteiger partial charge in [-0.3, -0.25) is 0 Å². The largest absolute Gasteiger partial charge is 0.335 e. The fraction of sp³-hybridized carbons (Fsp3) is 0.923. The van der Waals surface area contributed by atoms with Gasteiger partial charge in [-0.2, -0.15) is 0 Å². The van der Waals surface area contributed by atoms with Crippen LogP contribution in [-0.4, -0.2) is 50.0 Å². The Morgan fingerprint density at radius 3 is 2.68 bits per heavy atom. The van der Waals surface area contributed by atoms with E-state index in [2.05, 4.69) is 5.32 Å². The minimum atomic E-state index is -3.05. The molecule has 1 aliphatic heterocycles. The molecule has 19 heavy (non-hydrogen) atoms.